The second-order valence-electron chi connectivity index (χ2n) is 5.54. The van der Waals surface area contributed by atoms with Gasteiger partial charge in [0.25, 0.3) is 5.91 Å². The Labute approximate surface area is 146 Å². The van der Waals surface area contributed by atoms with Crippen molar-refractivity contribution in [2.24, 2.45) is 0 Å². The lowest BCUT2D eigenvalue weighted by Crippen LogP contribution is -2.14. The lowest BCUT2D eigenvalue weighted by atomic mass is 10.2. The number of hydrogen-bond donors (Lipinski definition) is 1. The van der Waals surface area contributed by atoms with Crippen LogP contribution in [0.5, 0.6) is 5.75 Å². The van der Waals surface area contributed by atoms with Gasteiger partial charge >= 0.3 is 0 Å². The predicted octanol–water partition coefficient (Wildman–Crippen LogP) is 3.62. The van der Waals surface area contributed by atoms with E-state index >= 15 is 0 Å². The summed E-state index contributed by atoms with van der Waals surface area (Å²) in [5, 5.41) is 7.19. The minimum Gasteiger partial charge on any atom is -0.491 e. The molecule has 25 heavy (non-hydrogen) atoms. The zero-order valence-corrected chi connectivity index (χ0v) is 14.3. The number of carbonyl (C=O) groups excluding carboxylic acids is 1. The molecule has 0 aliphatic heterocycles. The normalized spacial score (nSPS) is 10.5. The maximum absolute atomic E-state index is 12.7. The molecule has 0 aliphatic rings. The smallest absolute Gasteiger partial charge is 0.259 e. The predicted molar refractivity (Wildman–Crippen MR) is 96.3 cm³/mol. The minimum absolute atomic E-state index is 0.229. The molecule has 1 aromatic carbocycles. The van der Waals surface area contributed by atoms with Gasteiger partial charge in [0, 0.05) is 6.20 Å². The van der Waals surface area contributed by atoms with E-state index in [1.54, 1.807) is 17.1 Å². The van der Waals surface area contributed by atoms with Crippen LogP contribution >= 0.6 is 0 Å². The van der Waals surface area contributed by atoms with Crippen molar-refractivity contribution in [2.45, 2.75) is 20.3 Å². The van der Waals surface area contributed by atoms with Crippen molar-refractivity contribution < 1.29 is 9.53 Å². The van der Waals surface area contributed by atoms with E-state index in [0.29, 0.717) is 29.4 Å². The first-order chi connectivity index (χ1) is 12.2. The van der Waals surface area contributed by atoms with Crippen LogP contribution in [0.3, 0.4) is 0 Å². The van der Waals surface area contributed by atoms with Gasteiger partial charge in [-0.15, -0.1) is 0 Å². The van der Waals surface area contributed by atoms with Crippen molar-refractivity contribution in [1.29, 1.82) is 0 Å². The highest BCUT2D eigenvalue weighted by Crippen LogP contribution is 2.25. The van der Waals surface area contributed by atoms with Crippen LogP contribution in [0.15, 0.2) is 54.9 Å². The Morgan fingerprint density at radius 2 is 2.00 bits per heavy atom. The van der Waals surface area contributed by atoms with Crippen molar-refractivity contribution in [1.82, 2.24) is 14.8 Å². The van der Waals surface area contributed by atoms with Crippen molar-refractivity contribution in [3.05, 3.63) is 66.1 Å². The van der Waals surface area contributed by atoms with Gasteiger partial charge in [-0.25, -0.2) is 9.67 Å². The third-order valence-corrected chi connectivity index (χ3v) is 3.72. The molecule has 0 fully saturated rings. The van der Waals surface area contributed by atoms with Crippen LogP contribution in [-0.4, -0.2) is 27.3 Å². The highest BCUT2D eigenvalue weighted by molar-refractivity contribution is 6.05. The Kier molecular flexibility index (Phi) is 5.09. The van der Waals surface area contributed by atoms with Crippen molar-refractivity contribution in [2.75, 3.05) is 11.9 Å². The average molecular weight is 336 g/mol. The lowest BCUT2D eigenvalue weighted by molar-refractivity contribution is 0.102. The molecule has 0 bridgehead atoms. The average Bonchev–Trinajstić information content (AvgIpc) is 3.03. The molecule has 3 rings (SSSR count). The van der Waals surface area contributed by atoms with Crippen LogP contribution < -0.4 is 10.1 Å². The van der Waals surface area contributed by atoms with Gasteiger partial charge in [-0.05, 0) is 37.6 Å². The van der Waals surface area contributed by atoms with Crippen LogP contribution in [0, 0.1) is 6.92 Å². The van der Waals surface area contributed by atoms with E-state index in [4.69, 9.17) is 4.74 Å². The van der Waals surface area contributed by atoms with Gasteiger partial charge in [-0.1, -0.05) is 25.1 Å². The molecular weight excluding hydrogens is 316 g/mol. The maximum Gasteiger partial charge on any atom is 0.259 e. The zero-order valence-electron chi connectivity index (χ0n) is 14.3. The number of aromatic nitrogens is 3. The summed E-state index contributed by atoms with van der Waals surface area (Å²) in [6, 6.07) is 13.0. The number of hydrogen-bond acceptors (Lipinski definition) is 4. The minimum atomic E-state index is -0.229. The van der Waals surface area contributed by atoms with Crippen LogP contribution in [0.1, 0.15) is 29.4 Å². The molecule has 0 atom stereocenters. The Morgan fingerprint density at radius 1 is 1.20 bits per heavy atom. The summed E-state index contributed by atoms with van der Waals surface area (Å²) < 4.78 is 7.33. The summed E-state index contributed by atoms with van der Waals surface area (Å²) in [5.41, 5.74) is 1.87. The summed E-state index contributed by atoms with van der Waals surface area (Å²) in [7, 11) is 0. The van der Waals surface area contributed by atoms with Gasteiger partial charge in [0.05, 0.1) is 29.7 Å². The van der Waals surface area contributed by atoms with Crippen molar-refractivity contribution >= 4 is 11.6 Å². The summed E-state index contributed by atoms with van der Waals surface area (Å²) in [6.45, 7) is 4.48. The largest absolute Gasteiger partial charge is 0.491 e. The molecule has 0 spiro atoms. The molecule has 128 valence electrons. The van der Waals surface area contributed by atoms with Crippen molar-refractivity contribution in [3.63, 3.8) is 0 Å². The van der Waals surface area contributed by atoms with E-state index in [0.717, 1.165) is 12.1 Å². The van der Waals surface area contributed by atoms with E-state index in [9.17, 15) is 4.79 Å². The molecule has 0 aliphatic carbocycles. The van der Waals surface area contributed by atoms with Crippen molar-refractivity contribution in [3.8, 4) is 11.6 Å². The number of ether oxygens (including phenoxy) is 1. The number of benzene rings is 1. The Morgan fingerprint density at radius 3 is 2.76 bits per heavy atom. The number of pyridine rings is 1. The molecule has 6 nitrogen and oxygen atoms in total. The van der Waals surface area contributed by atoms with E-state index in [2.05, 4.69) is 15.4 Å². The van der Waals surface area contributed by atoms with E-state index in [1.807, 2.05) is 56.3 Å². The number of anilines is 1. The topological polar surface area (TPSA) is 69.0 Å². The number of nitrogens with zero attached hydrogens (tertiary/aromatic N) is 3. The van der Waals surface area contributed by atoms with Gasteiger partial charge in [0.2, 0.25) is 0 Å². The maximum atomic E-state index is 12.7. The van der Waals surface area contributed by atoms with Gasteiger partial charge < -0.3 is 10.1 Å². The number of para-hydroxylation sites is 2. The SMILES string of the molecule is CCCOc1ccccc1NC(=O)c1cnn(-c2ccccn2)c1C. The van der Waals surface area contributed by atoms with Gasteiger partial charge in [-0.3, -0.25) is 4.79 Å². The van der Waals surface area contributed by atoms with Crippen LogP contribution in [0.4, 0.5) is 5.69 Å². The second kappa shape index (κ2) is 7.61. The second-order valence-corrected chi connectivity index (χ2v) is 5.54. The molecule has 3 aromatic rings. The van der Waals surface area contributed by atoms with Crippen LogP contribution in [0.2, 0.25) is 0 Å². The first-order valence-corrected chi connectivity index (χ1v) is 8.20. The molecule has 0 radical (unpaired) electrons. The molecular formula is C19H20N4O2. The number of rotatable bonds is 6. The van der Waals surface area contributed by atoms with E-state index < -0.39 is 0 Å². The zero-order chi connectivity index (χ0) is 17.6. The molecule has 2 aromatic heterocycles. The lowest BCUT2D eigenvalue weighted by Gasteiger charge is -2.11. The summed E-state index contributed by atoms with van der Waals surface area (Å²) >= 11 is 0. The monoisotopic (exact) mass is 336 g/mol. The first-order valence-electron chi connectivity index (χ1n) is 8.20. The standard InChI is InChI=1S/C19H20N4O2/c1-3-12-25-17-9-5-4-8-16(17)22-19(24)15-13-21-23(14(15)2)18-10-6-7-11-20-18/h4-11,13H,3,12H2,1-2H3,(H,22,24). The molecule has 1 N–H and O–H groups in total. The molecule has 0 saturated carbocycles. The molecule has 2 heterocycles. The van der Waals surface area contributed by atoms with Crippen LogP contribution in [-0.2, 0) is 0 Å². The number of carbonyl (C=O) groups is 1. The molecule has 0 saturated heterocycles. The molecule has 0 unspecified atom stereocenters. The first kappa shape index (κ1) is 16.7. The van der Waals surface area contributed by atoms with Gasteiger partial charge in [0.1, 0.15) is 5.75 Å². The Balaban J connectivity index is 1.82. The van der Waals surface area contributed by atoms with Crippen LogP contribution in [0.25, 0.3) is 5.82 Å². The summed E-state index contributed by atoms with van der Waals surface area (Å²) in [5.74, 6) is 1.10. The van der Waals surface area contributed by atoms with Gasteiger partial charge in [0.15, 0.2) is 5.82 Å². The third-order valence-electron chi connectivity index (χ3n) is 3.72. The molecule has 6 heteroatoms. The highest BCUT2D eigenvalue weighted by Gasteiger charge is 2.17. The highest BCUT2D eigenvalue weighted by atomic mass is 16.5. The fraction of sp³-hybridized carbons (Fsp3) is 0.211. The molecule has 1 amide bonds. The fourth-order valence-corrected chi connectivity index (χ4v) is 2.44. The fourth-order valence-electron chi connectivity index (χ4n) is 2.44. The van der Waals surface area contributed by atoms with E-state index in [-0.39, 0.29) is 5.91 Å². The number of nitrogens with one attached hydrogen (secondary N) is 1. The summed E-state index contributed by atoms with van der Waals surface area (Å²) in [4.78, 5) is 16.9. The number of amides is 1. The summed E-state index contributed by atoms with van der Waals surface area (Å²) in [6.07, 6.45) is 4.14. The van der Waals surface area contributed by atoms with Gasteiger partial charge in [-0.2, -0.15) is 5.10 Å². The third kappa shape index (κ3) is 3.68. The quantitative estimate of drug-likeness (QED) is 0.746. The Hall–Kier alpha value is -3.15. The van der Waals surface area contributed by atoms with E-state index in [1.165, 1.54) is 0 Å². The Bertz CT molecular complexity index is 859.